The largest absolute Gasteiger partial charge is 0.353 e. The van der Waals surface area contributed by atoms with Gasteiger partial charge in [-0.1, -0.05) is 25.7 Å². The van der Waals surface area contributed by atoms with Gasteiger partial charge in [0.05, 0.1) is 18.0 Å². The highest BCUT2D eigenvalue weighted by atomic mass is 16.1. The molecule has 2 rings (SSSR count). The molecule has 0 saturated heterocycles. The van der Waals surface area contributed by atoms with Gasteiger partial charge in [-0.25, -0.2) is 0 Å². The third kappa shape index (κ3) is 2.96. The minimum atomic E-state index is 0.425. The summed E-state index contributed by atoms with van der Waals surface area (Å²) in [5.41, 5.74) is 7.83. The van der Waals surface area contributed by atoms with E-state index in [0.717, 1.165) is 30.7 Å². The average Bonchev–Trinajstić information content (AvgIpc) is 2.36. The quantitative estimate of drug-likeness (QED) is 0.732. The lowest BCUT2D eigenvalue weighted by molar-refractivity contribution is -0.109. The fraction of sp³-hybridized carbons (Fsp3) is 0.769. The molecule has 3 N–H and O–H groups in total. The first-order valence-corrected chi connectivity index (χ1v) is 6.87. The van der Waals surface area contributed by atoms with Gasteiger partial charge in [-0.3, -0.25) is 4.79 Å². The summed E-state index contributed by atoms with van der Waals surface area (Å²) in [6.07, 6.45) is 8.10. The molecule has 1 heterocycles. The number of carbonyl (C=O) groups excluding carboxylic acids is 1. The molecule has 0 spiro atoms. The van der Waals surface area contributed by atoms with Gasteiger partial charge in [-0.05, 0) is 12.8 Å². The summed E-state index contributed by atoms with van der Waals surface area (Å²) in [4.78, 5) is 10.4. The van der Waals surface area contributed by atoms with Crippen LogP contribution in [0.5, 0.6) is 0 Å². The highest BCUT2D eigenvalue weighted by molar-refractivity contribution is 6.00. The second kappa shape index (κ2) is 6.64. The Balaban J connectivity index is 2.15. The van der Waals surface area contributed by atoms with Crippen LogP contribution in [0.3, 0.4) is 0 Å². The van der Waals surface area contributed by atoms with Gasteiger partial charge in [0.15, 0.2) is 0 Å². The van der Waals surface area contributed by atoms with Crippen molar-refractivity contribution in [2.24, 2.45) is 27.8 Å². The lowest BCUT2D eigenvalue weighted by Crippen LogP contribution is -2.40. The molecule has 0 aromatic heterocycles. The van der Waals surface area contributed by atoms with Crippen molar-refractivity contribution in [3.63, 3.8) is 0 Å². The SMILES string of the molecule is NCC1=NN=C(CNC=O)C2CCCCCCC12. The molecule has 1 aliphatic heterocycles. The summed E-state index contributed by atoms with van der Waals surface area (Å²) in [6.45, 7) is 1.02. The van der Waals surface area contributed by atoms with Crippen molar-refractivity contribution in [1.82, 2.24) is 5.32 Å². The van der Waals surface area contributed by atoms with E-state index in [9.17, 15) is 4.79 Å². The number of carbonyl (C=O) groups is 1. The molecule has 1 saturated carbocycles. The third-order valence-electron chi connectivity index (χ3n) is 4.00. The summed E-state index contributed by atoms with van der Waals surface area (Å²) in [6, 6.07) is 0. The summed E-state index contributed by atoms with van der Waals surface area (Å²) in [5, 5.41) is 11.2. The van der Waals surface area contributed by atoms with E-state index >= 15 is 0 Å². The number of nitrogens with one attached hydrogen (secondary N) is 1. The predicted octanol–water partition coefficient (Wildman–Crippen LogP) is 1.09. The number of hydrogen-bond acceptors (Lipinski definition) is 4. The zero-order chi connectivity index (χ0) is 12.8. The van der Waals surface area contributed by atoms with Gasteiger partial charge in [-0.15, -0.1) is 0 Å². The van der Waals surface area contributed by atoms with Crippen LogP contribution in [0.25, 0.3) is 0 Å². The van der Waals surface area contributed by atoms with Crippen molar-refractivity contribution in [2.75, 3.05) is 13.1 Å². The molecule has 5 heteroatoms. The third-order valence-corrected chi connectivity index (χ3v) is 4.00. The Bertz CT molecular complexity index is 351. The Morgan fingerprint density at radius 3 is 2.33 bits per heavy atom. The maximum atomic E-state index is 10.4. The van der Waals surface area contributed by atoms with E-state index in [1.165, 1.54) is 25.7 Å². The highest BCUT2D eigenvalue weighted by Crippen LogP contribution is 2.32. The second-order valence-electron chi connectivity index (χ2n) is 5.09. The van der Waals surface area contributed by atoms with E-state index in [2.05, 4.69) is 15.5 Å². The number of nitrogens with two attached hydrogens (primary N) is 1. The minimum absolute atomic E-state index is 0.425. The van der Waals surface area contributed by atoms with E-state index in [4.69, 9.17) is 5.73 Å². The van der Waals surface area contributed by atoms with E-state index in [0.29, 0.717) is 24.9 Å². The lowest BCUT2D eigenvalue weighted by atomic mass is 9.75. The van der Waals surface area contributed by atoms with E-state index in [-0.39, 0.29) is 0 Å². The predicted molar refractivity (Wildman–Crippen MR) is 72.7 cm³/mol. The number of hydrogen-bond donors (Lipinski definition) is 2. The van der Waals surface area contributed by atoms with Crippen LogP contribution < -0.4 is 11.1 Å². The molecular weight excluding hydrogens is 228 g/mol. The van der Waals surface area contributed by atoms with Crippen molar-refractivity contribution in [1.29, 1.82) is 0 Å². The number of fused-ring (bicyclic) bond motifs is 1. The van der Waals surface area contributed by atoms with Gasteiger partial charge in [0.25, 0.3) is 0 Å². The number of nitrogens with zero attached hydrogens (tertiary/aromatic N) is 2. The van der Waals surface area contributed by atoms with Crippen LogP contribution in [0.1, 0.15) is 38.5 Å². The molecule has 1 amide bonds. The molecule has 1 aliphatic carbocycles. The zero-order valence-electron chi connectivity index (χ0n) is 10.8. The van der Waals surface area contributed by atoms with Crippen molar-refractivity contribution >= 4 is 17.8 Å². The van der Waals surface area contributed by atoms with Crippen LogP contribution in [0.2, 0.25) is 0 Å². The highest BCUT2D eigenvalue weighted by Gasteiger charge is 2.32. The summed E-state index contributed by atoms with van der Waals surface area (Å²) in [5.74, 6) is 0.866. The van der Waals surface area contributed by atoms with E-state index in [1.807, 2.05) is 0 Å². The molecule has 2 unspecified atom stereocenters. The van der Waals surface area contributed by atoms with Gasteiger partial charge >= 0.3 is 0 Å². The topological polar surface area (TPSA) is 79.8 Å². The Hall–Kier alpha value is -1.23. The maximum Gasteiger partial charge on any atom is 0.207 e. The molecule has 100 valence electrons. The van der Waals surface area contributed by atoms with Crippen LogP contribution in [0, 0.1) is 11.8 Å². The Morgan fingerprint density at radius 2 is 1.72 bits per heavy atom. The first kappa shape index (κ1) is 13.2. The van der Waals surface area contributed by atoms with Crippen LogP contribution in [0.15, 0.2) is 10.2 Å². The van der Waals surface area contributed by atoms with Crippen molar-refractivity contribution in [3.8, 4) is 0 Å². The Labute approximate surface area is 108 Å². The van der Waals surface area contributed by atoms with Gasteiger partial charge in [0.1, 0.15) is 0 Å². The molecule has 0 aromatic carbocycles. The van der Waals surface area contributed by atoms with Gasteiger partial charge in [0, 0.05) is 18.4 Å². The minimum Gasteiger partial charge on any atom is -0.353 e. The van der Waals surface area contributed by atoms with Gasteiger partial charge in [-0.2, -0.15) is 10.2 Å². The number of rotatable bonds is 4. The number of amides is 1. The molecule has 5 nitrogen and oxygen atoms in total. The summed E-state index contributed by atoms with van der Waals surface area (Å²) in [7, 11) is 0. The molecule has 1 fully saturated rings. The van der Waals surface area contributed by atoms with E-state index in [1.54, 1.807) is 0 Å². The van der Waals surface area contributed by atoms with Crippen LogP contribution in [-0.4, -0.2) is 30.9 Å². The Kier molecular flexibility index (Phi) is 4.87. The zero-order valence-corrected chi connectivity index (χ0v) is 10.8. The van der Waals surface area contributed by atoms with E-state index < -0.39 is 0 Å². The van der Waals surface area contributed by atoms with Crippen LogP contribution in [-0.2, 0) is 4.79 Å². The molecule has 2 aliphatic rings. The first-order valence-electron chi connectivity index (χ1n) is 6.87. The van der Waals surface area contributed by atoms with Crippen LogP contribution in [0.4, 0.5) is 0 Å². The normalized spacial score (nSPS) is 28.3. The molecular formula is C13H22N4O. The van der Waals surface area contributed by atoms with Gasteiger partial charge in [0.2, 0.25) is 6.41 Å². The summed E-state index contributed by atoms with van der Waals surface area (Å²) < 4.78 is 0. The Morgan fingerprint density at radius 1 is 1.11 bits per heavy atom. The fourth-order valence-corrected chi connectivity index (χ4v) is 3.06. The fourth-order valence-electron chi connectivity index (χ4n) is 3.06. The average molecular weight is 250 g/mol. The molecule has 18 heavy (non-hydrogen) atoms. The second-order valence-corrected chi connectivity index (χ2v) is 5.09. The molecule has 0 aromatic rings. The first-order chi connectivity index (χ1) is 8.86. The summed E-state index contributed by atoms with van der Waals surface area (Å²) >= 11 is 0. The van der Waals surface area contributed by atoms with Crippen molar-refractivity contribution < 1.29 is 4.79 Å². The van der Waals surface area contributed by atoms with Crippen molar-refractivity contribution in [2.45, 2.75) is 38.5 Å². The monoisotopic (exact) mass is 250 g/mol. The van der Waals surface area contributed by atoms with Crippen molar-refractivity contribution in [3.05, 3.63) is 0 Å². The maximum absolute atomic E-state index is 10.4. The van der Waals surface area contributed by atoms with Crippen LogP contribution >= 0.6 is 0 Å². The lowest BCUT2D eigenvalue weighted by Gasteiger charge is -2.32. The van der Waals surface area contributed by atoms with Gasteiger partial charge < -0.3 is 11.1 Å². The molecule has 0 radical (unpaired) electrons. The molecule has 2 atom stereocenters. The molecule has 0 bridgehead atoms. The standard InChI is InChI=1S/C13H22N4O/c14-7-12-10-5-3-1-2-4-6-11(10)13(17-16-12)8-15-9-18/h9-11H,1-8,14H2,(H,15,18). The smallest absolute Gasteiger partial charge is 0.207 e.